The molecule has 136 valence electrons. The summed E-state index contributed by atoms with van der Waals surface area (Å²) in [5.74, 6) is 0.629. The van der Waals surface area contributed by atoms with Crippen molar-refractivity contribution in [3.8, 4) is 0 Å². The van der Waals surface area contributed by atoms with Crippen LogP contribution in [0.2, 0.25) is 5.02 Å². The Bertz CT molecular complexity index is 775. The van der Waals surface area contributed by atoms with Crippen LogP contribution >= 0.6 is 22.9 Å². The van der Waals surface area contributed by atoms with Crippen LogP contribution in [0.15, 0.2) is 51.0 Å². The zero-order valence-electron chi connectivity index (χ0n) is 13.8. The van der Waals surface area contributed by atoms with Crippen molar-refractivity contribution in [2.24, 2.45) is 4.99 Å². The molecule has 1 heterocycles. The van der Waals surface area contributed by atoms with Gasteiger partial charge in [-0.05, 0) is 35.6 Å². The molecule has 0 spiro atoms. The molecule has 1 aromatic heterocycles. The van der Waals surface area contributed by atoms with E-state index in [-0.39, 0.29) is 6.54 Å². The maximum absolute atomic E-state index is 12.0. The summed E-state index contributed by atoms with van der Waals surface area (Å²) in [5.41, 5.74) is 1.18. The minimum atomic E-state index is -3.42. The Labute approximate surface area is 157 Å². The summed E-state index contributed by atoms with van der Waals surface area (Å²) in [6, 6.07) is 11.0. The lowest BCUT2D eigenvalue weighted by Crippen LogP contribution is -2.42. The number of sulfonamides is 1. The first-order chi connectivity index (χ1) is 12.0. The summed E-state index contributed by atoms with van der Waals surface area (Å²) < 4.78 is 26.8. The van der Waals surface area contributed by atoms with Gasteiger partial charge in [-0.2, -0.15) is 0 Å². The summed E-state index contributed by atoms with van der Waals surface area (Å²) in [4.78, 5) is 4.12. The highest BCUT2D eigenvalue weighted by atomic mass is 35.5. The van der Waals surface area contributed by atoms with Gasteiger partial charge in [0.2, 0.25) is 10.0 Å². The maximum atomic E-state index is 12.0. The van der Waals surface area contributed by atoms with Gasteiger partial charge in [0.15, 0.2) is 5.96 Å². The van der Waals surface area contributed by atoms with E-state index in [4.69, 9.17) is 11.6 Å². The predicted molar refractivity (Wildman–Crippen MR) is 104 cm³/mol. The smallest absolute Gasteiger partial charge is 0.250 e. The summed E-state index contributed by atoms with van der Waals surface area (Å²) in [6.07, 6.45) is 0.836. The highest BCUT2D eigenvalue weighted by Crippen LogP contribution is 2.14. The van der Waals surface area contributed by atoms with Crippen molar-refractivity contribution in [3.63, 3.8) is 0 Å². The third kappa shape index (κ3) is 6.66. The fourth-order valence-electron chi connectivity index (χ4n) is 2.05. The van der Waals surface area contributed by atoms with Crippen LogP contribution in [-0.4, -0.2) is 41.1 Å². The Morgan fingerprint density at radius 3 is 2.48 bits per heavy atom. The van der Waals surface area contributed by atoms with Crippen LogP contribution in [0, 0.1) is 0 Å². The SMILES string of the molecule is CN=C(NCCNS(=O)(=O)c1cccs1)NCCc1ccc(Cl)cc1. The summed E-state index contributed by atoms with van der Waals surface area (Å²) in [7, 11) is -1.75. The number of hydrogen-bond acceptors (Lipinski definition) is 4. The molecule has 0 saturated heterocycles. The van der Waals surface area contributed by atoms with Crippen molar-refractivity contribution in [1.29, 1.82) is 0 Å². The van der Waals surface area contributed by atoms with E-state index in [0.717, 1.165) is 11.4 Å². The molecule has 0 atom stereocenters. The van der Waals surface area contributed by atoms with Gasteiger partial charge in [0.05, 0.1) is 0 Å². The minimum Gasteiger partial charge on any atom is -0.356 e. The molecule has 0 aliphatic carbocycles. The highest BCUT2D eigenvalue weighted by molar-refractivity contribution is 7.91. The molecule has 2 rings (SSSR count). The van der Waals surface area contributed by atoms with Crippen LogP contribution in [-0.2, 0) is 16.4 Å². The fourth-order valence-corrected chi connectivity index (χ4v) is 4.25. The van der Waals surface area contributed by atoms with Gasteiger partial charge in [-0.25, -0.2) is 13.1 Å². The van der Waals surface area contributed by atoms with Crippen molar-refractivity contribution in [2.45, 2.75) is 10.6 Å². The molecule has 3 N–H and O–H groups in total. The van der Waals surface area contributed by atoms with Crippen LogP contribution in [0.4, 0.5) is 0 Å². The topological polar surface area (TPSA) is 82.6 Å². The molecule has 0 radical (unpaired) electrons. The summed E-state index contributed by atoms with van der Waals surface area (Å²) in [6.45, 7) is 1.42. The van der Waals surface area contributed by atoms with E-state index >= 15 is 0 Å². The number of guanidine groups is 1. The van der Waals surface area contributed by atoms with Crippen molar-refractivity contribution in [2.75, 3.05) is 26.7 Å². The molecule has 0 aliphatic heterocycles. The second-order valence-corrected chi connectivity index (χ2v) is 8.51. The molecule has 0 amide bonds. The van der Waals surface area contributed by atoms with Gasteiger partial charge in [-0.1, -0.05) is 29.8 Å². The van der Waals surface area contributed by atoms with Gasteiger partial charge < -0.3 is 10.6 Å². The first-order valence-electron chi connectivity index (χ1n) is 7.73. The standard InChI is InChI=1S/C16H21ClN4O2S2/c1-18-16(19-9-8-13-4-6-14(17)7-5-13)20-10-11-21-25(22,23)15-3-2-12-24-15/h2-7,12,21H,8-11H2,1H3,(H2,18,19,20). The van der Waals surface area contributed by atoms with Crippen molar-refractivity contribution in [1.82, 2.24) is 15.4 Å². The molecule has 25 heavy (non-hydrogen) atoms. The second-order valence-electron chi connectivity index (χ2n) is 5.13. The zero-order chi connectivity index (χ0) is 18.1. The minimum absolute atomic E-state index is 0.276. The quantitative estimate of drug-likeness (QED) is 0.360. The Morgan fingerprint density at radius 2 is 1.84 bits per heavy atom. The van der Waals surface area contributed by atoms with E-state index in [9.17, 15) is 8.42 Å². The largest absolute Gasteiger partial charge is 0.356 e. The van der Waals surface area contributed by atoms with E-state index in [1.165, 1.54) is 16.9 Å². The number of benzene rings is 1. The van der Waals surface area contributed by atoms with Gasteiger partial charge >= 0.3 is 0 Å². The van der Waals surface area contributed by atoms with Crippen LogP contribution in [0.25, 0.3) is 0 Å². The lowest BCUT2D eigenvalue weighted by molar-refractivity contribution is 0.582. The first kappa shape index (κ1) is 19.7. The molecule has 0 saturated carbocycles. The highest BCUT2D eigenvalue weighted by Gasteiger charge is 2.13. The summed E-state index contributed by atoms with van der Waals surface area (Å²) >= 11 is 7.05. The van der Waals surface area contributed by atoms with E-state index in [2.05, 4.69) is 20.3 Å². The molecule has 9 heteroatoms. The second kappa shape index (κ2) is 9.76. The molecular formula is C16H21ClN4O2S2. The molecule has 0 bridgehead atoms. The molecule has 0 aliphatic rings. The van der Waals surface area contributed by atoms with Gasteiger partial charge in [0.25, 0.3) is 0 Å². The lowest BCUT2D eigenvalue weighted by Gasteiger charge is -2.12. The van der Waals surface area contributed by atoms with Crippen LogP contribution in [0.3, 0.4) is 0 Å². The number of aliphatic imine (C=N–C) groups is 1. The van der Waals surface area contributed by atoms with E-state index in [0.29, 0.717) is 23.3 Å². The molecule has 0 fully saturated rings. The number of thiophene rings is 1. The Morgan fingerprint density at radius 1 is 1.12 bits per heavy atom. The number of nitrogens with zero attached hydrogens (tertiary/aromatic N) is 1. The normalized spacial score (nSPS) is 12.2. The molecule has 2 aromatic rings. The van der Waals surface area contributed by atoms with E-state index in [1.807, 2.05) is 24.3 Å². The zero-order valence-corrected chi connectivity index (χ0v) is 16.2. The average Bonchev–Trinajstić information content (AvgIpc) is 3.14. The summed E-state index contributed by atoms with van der Waals surface area (Å²) in [5, 5.41) is 8.72. The Hall–Kier alpha value is -1.61. The van der Waals surface area contributed by atoms with Crippen LogP contribution < -0.4 is 15.4 Å². The number of rotatable bonds is 8. The molecular weight excluding hydrogens is 380 g/mol. The third-order valence-corrected chi connectivity index (χ3v) is 6.42. The van der Waals surface area contributed by atoms with E-state index < -0.39 is 10.0 Å². The van der Waals surface area contributed by atoms with E-state index in [1.54, 1.807) is 24.6 Å². The van der Waals surface area contributed by atoms with Crippen LogP contribution in [0.1, 0.15) is 5.56 Å². The van der Waals surface area contributed by atoms with Gasteiger partial charge in [0, 0.05) is 31.7 Å². The van der Waals surface area contributed by atoms with Crippen molar-refractivity contribution >= 4 is 38.9 Å². The monoisotopic (exact) mass is 400 g/mol. The Kier molecular flexibility index (Phi) is 7.70. The molecule has 6 nitrogen and oxygen atoms in total. The molecule has 1 aromatic carbocycles. The number of hydrogen-bond donors (Lipinski definition) is 3. The third-order valence-electron chi connectivity index (χ3n) is 3.31. The first-order valence-corrected chi connectivity index (χ1v) is 10.5. The predicted octanol–water partition coefficient (Wildman–Crippen LogP) is 2.09. The average molecular weight is 401 g/mol. The number of nitrogens with one attached hydrogen (secondary N) is 3. The van der Waals surface area contributed by atoms with Crippen LogP contribution in [0.5, 0.6) is 0 Å². The number of halogens is 1. The van der Waals surface area contributed by atoms with Crippen molar-refractivity contribution in [3.05, 3.63) is 52.4 Å². The van der Waals surface area contributed by atoms with Gasteiger partial charge in [-0.3, -0.25) is 4.99 Å². The Balaban J connectivity index is 1.67. The molecule has 0 unspecified atom stereocenters. The fraction of sp³-hybridized carbons (Fsp3) is 0.312. The van der Waals surface area contributed by atoms with Crippen molar-refractivity contribution < 1.29 is 8.42 Å². The van der Waals surface area contributed by atoms with Gasteiger partial charge in [0.1, 0.15) is 4.21 Å². The van der Waals surface area contributed by atoms with Gasteiger partial charge in [-0.15, -0.1) is 11.3 Å². The maximum Gasteiger partial charge on any atom is 0.250 e. The lowest BCUT2D eigenvalue weighted by atomic mass is 10.1.